The number of carbonyl (C=O) groups is 1. The van der Waals surface area contributed by atoms with Gasteiger partial charge in [-0.25, -0.2) is 4.39 Å². The zero-order valence-corrected chi connectivity index (χ0v) is 11.0. The molecule has 1 aliphatic heterocycles. The van der Waals surface area contributed by atoms with E-state index in [0.717, 1.165) is 6.54 Å². The molecule has 1 aliphatic rings. The fourth-order valence-corrected chi connectivity index (χ4v) is 2.26. The van der Waals surface area contributed by atoms with Crippen LogP contribution < -0.4 is 10.6 Å². The van der Waals surface area contributed by atoms with E-state index < -0.39 is 5.82 Å². The van der Waals surface area contributed by atoms with E-state index in [1.165, 1.54) is 12.1 Å². The maximum Gasteiger partial charge on any atom is 0.229 e. The van der Waals surface area contributed by atoms with Gasteiger partial charge in [0.15, 0.2) is 0 Å². The lowest BCUT2D eigenvalue weighted by Gasteiger charge is -2.16. The summed E-state index contributed by atoms with van der Waals surface area (Å²) in [6.07, 6.45) is 0. The Hall–Kier alpha value is -1.93. The van der Waals surface area contributed by atoms with Gasteiger partial charge < -0.3 is 10.6 Å². The van der Waals surface area contributed by atoms with Gasteiger partial charge >= 0.3 is 0 Å². The minimum atomic E-state index is -0.480. The summed E-state index contributed by atoms with van der Waals surface area (Å²) in [5.41, 5.74) is 0.933. The van der Waals surface area contributed by atoms with Crippen molar-refractivity contribution in [1.82, 2.24) is 5.32 Å². The van der Waals surface area contributed by atoms with Gasteiger partial charge in [0.2, 0.25) is 5.91 Å². The van der Waals surface area contributed by atoms with Crippen LogP contribution in [-0.2, 0) is 4.79 Å². The monoisotopic (exact) mass is 261 g/mol. The molecular formula is C14H16FN3O. The van der Waals surface area contributed by atoms with Gasteiger partial charge in [-0.15, -0.1) is 0 Å². The van der Waals surface area contributed by atoms with E-state index >= 15 is 0 Å². The second-order valence-electron chi connectivity index (χ2n) is 4.97. The Labute approximate surface area is 111 Å². The quantitative estimate of drug-likeness (QED) is 0.853. The molecule has 2 N–H and O–H groups in total. The largest absolute Gasteiger partial charge is 0.325 e. The zero-order chi connectivity index (χ0) is 14.0. The molecule has 5 heteroatoms. The Morgan fingerprint density at radius 3 is 2.84 bits per heavy atom. The third-order valence-corrected chi connectivity index (χ3v) is 3.59. The number of carbonyl (C=O) groups excluding carboxylic acids is 1. The number of anilines is 1. The predicted molar refractivity (Wildman–Crippen MR) is 70.0 cm³/mol. The average Bonchev–Trinajstić information content (AvgIpc) is 2.80. The van der Waals surface area contributed by atoms with E-state index in [4.69, 9.17) is 5.26 Å². The van der Waals surface area contributed by atoms with Crippen molar-refractivity contribution in [2.24, 2.45) is 11.8 Å². The lowest BCUT2D eigenvalue weighted by Crippen LogP contribution is -2.28. The molecular weight excluding hydrogens is 245 g/mol. The molecule has 1 fully saturated rings. The molecule has 0 saturated carbocycles. The van der Waals surface area contributed by atoms with Crippen molar-refractivity contribution in [3.8, 4) is 6.07 Å². The molecule has 2 rings (SSSR count). The molecule has 100 valence electrons. The summed E-state index contributed by atoms with van der Waals surface area (Å²) in [6.45, 7) is 5.03. The van der Waals surface area contributed by atoms with E-state index in [-0.39, 0.29) is 23.3 Å². The van der Waals surface area contributed by atoms with E-state index in [2.05, 4.69) is 10.6 Å². The van der Waals surface area contributed by atoms with Gasteiger partial charge in [-0.3, -0.25) is 4.79 Å². The molecule has 0 aromatic heterocycles. The Morgan fingerprint density at radius 2 is 2.26 bits per heavy atom. The molecule has 0 unspecified atom stereocenters. The summed E-state index contributed by atoms with van der Waals surface area (Å²) in [5.74, 6) is -0.473. The van der Waals surface area contributed by atoms with Gasteiger partial charge in [-0.1, -0.05) is 6.92 Å². The summed E-state index contributed by atoms with van der Waals surface area (Å²) >= 11 is 0. The first-order valence-corrected chi connectivity index (χ1v) is 6.24. The lowest BCUT2D eigenvalue weighted by atomic mass is 9.97. The van der Waals surface area contributed by atoms with Crippen molar-refractivity contribution >= 4 is 11.6 Å². The van der Waals surface area contributed by atoms with Crippen LogP contribution in [0.2, 0.25) is 0 Å². The Morgan fingerprint density at radius 1 is 1.53 bits per heavy atom. The van der Waals surface area contributed by atoms with Gasteiger partial charge in [0.1, 0.15) is 5.82 Å². The van der Waals surface area contributed by atoms with E-state index in [0.29, 0.717) is 17.8 Å². The van der Waals surface area contributed by atoms with Gasteiger partial charge in [-0.05, 0) is 31.5 Å². The molecule has 0 aliphatic carbocycles. The number of nitriles is 1. The number of halogens is 1. The van der Waals surface area contributed by atoms with Gasteiger partial charge in [0, 0.05) is 17.8 Å². The summed E-state index contributed by atoms with van der Waals surface area (Å²) in [5, 5.41) is 14.7. The molecule has 0 spiro atoms. The van der Waals surface area contributed by atoms with Crippen molar-refractivity contribution in [1.29, 1.82) is 5.26 Å². The smallest absolute Gasteiger partial charge is 0.229 e. The van der Waals surface area contributed by atoms with Crippen LogP contribution in [0.1, 0.15) is 18.1 Å². The van der Waals surface area contributed by atoms with Crippen LogP contribution in [0, 0.1) is 35.9 Å². The highest BCUT2D eigenvalue weighted by Crippen LogP contribution is 2.23. The first kappa shape index (κ1) is 13.5. The van der Waals surface area contributed by atoms with E-state index in [1.807, 2.05) is 13.0 Å². The molecule has 1 aromatic carbocycles. The predicted octanol–water partition coefficient (Wildman–Crippen LogP) is 1.80. The Bertz CT molecular complexity index is 550. The summed E-state index contributed by atoms with van der Waals surface area (Å²) in [6, 6.07) is 4.56. The minimum absolute atomic E-state index is 0.117. The number of benzene rings is 1. The molecule has 1 heterocycles. The molecule has 0 bridgehead atoms. The molecule has 19 heavy (non-hydrogen) atoms. The first-order chi connectivity index (χ1) is 9.02. The molecule has 1 saturated heterocycles. The van der Waals surface area contributed by atoms with Crippen molar-refractivity contribution in [3.05, 3.63) is 29.1 Å². The van der Waals surface area contributed by atoms with E-state index in [1.54, 1.807) is 6.92 Å². The van der Waals surface area contributed by atoms with Crippen LogP contribution in [0.25, 0.3) is 0 Å². The third kappa shape index (κ3) is 2.74. The van der Waals surface area contributed by atoms with Crippen molar-refractivity contribution < 1.29 is 9.18 Å². The highest BCUT2D eigenvalue weighted by molar-refractivity contribution is 5.94. The number of nitrogens with zero attached hydrogens (tertiary/aromatic N) is 1. The molecule has 0 radical (unpaired) electrons. The normalized spacial score (nSPS) is 22.0. The summed E-state index contributed by atoms with van der Waals surface area (Å²) in [4.78, 5) is 12.1. The first-order valence-electron chi connectivity index (χ1n) is 6.24. The maximum atomic E-state index is 13.6. The van der Waals surface area contributed by atoms with Crippen molar-refractivity contribution in [2.45, 2.75) is 13.8 Å². The maximum absolute atomic E-state index is 13.6. The third-order valence-electron chi connectivity index (χ3n) is 3.59. The number of amides is 1. The lowest BCUT2D eigenvalue weighted by molar-refractivity contribution is -0.120. The molecule has 2 atom stereocenters. The number of hydrogen-bond acceptors (Lipinski definition) is 3. The Kier molecular flexibility index (Phi) is 3.82. The Balaban J connectivity index is 2.21. The summed E-state index contributed by atoms with van der Waals surface area (Å²) in [7, 11) is 0. The van der Waals surface area contributed by atoms with Crippen LogP contribution in [0.5, 0.6) is 0 Å². The van der Waals surface area contributed by atoms with E-state index in [9.17, 15) is 9.18 Å². The number of nitrogens with one attached hydrogen (secondary N) is 2. The van der Waals surface area contributed by atoms with Crippen LogP contribution in [0.4, 0.5) is 10.1 Å². The van der Waals surface area contributed by atoms with Crippen LogP contribution in [-0.4, -0.2) is 19.0 Å². The highest BCUT2D eigenvalue weighted by atomic mass is 19.1. The topological polar surface area (TPSA) is 64.9 Å². The van der Waals surface area contributed by atoms with Gasteiger partial charge in [0.05, 0.1) is 17.6 Å². The zero-order valence-electron chi connectivity index (χ0n) is 11.0. The van der Waals surface area contributed by atoms with Gasteiger partial charge in [0.25, 0.3) is 0 Å². The average molecular weight is 261 g/mol. The van der Waals surface area contributed by atoms with Crippen LogP contribution >= 0.6 is 0 Å². The summed E-state index contributed by atoms with van der Waals surface area (Å²) < 4.78 is 13.6. The molecule has 1 amide bonds. The van der Waals surface area contributed by atoms with Crippen molar-refractivity contribution in [3.63, 3.8) is 0 Å². The van der Waals surface area contributed by atoms with Crippen LogP contribution in [0.3, 0.4) is 0 Å². The standard InChI is InChI=1S/C14H16FN3O/c1-8-6-17-7-11(8)14(19)18-13-4-10(5-16)3-12(15)9(13)2/h3-4,8,11,17H,6-7H2,1-2H3,(H,18,19)/t8-,11-/m1/s1. The fourth-order valence-electron chi connectivity index (χ4n) is 2.26. The van der Waals surface area contributed by atoms with Gasteiger partial charge in [-0.2, -0.15) is 5.26 Å². The second-order valence-corrected chi connectivity index (χ2v) is 4.97. The fraction of sp³-hybridized carbons (Fsp3) is 0.429. The van der Waals surface area contributed by atoms with Crippen molar-refractivity contribution in [2.75, 3.05) is 18.4 Å². The number of hydrogen-bond donors (Lipinski definition) is 2. The number of rotatable bonds is 2. The molecule has 1 aromatic rings. The SMILES string of the molecule is Cc1c(F)cc(C#N)cc1NC(=O)[C@@H]1CNC[C@H]1C. The molecule has 4 nitrogen and oxygen atoms in total. The highest BCUT2D eigenvalue weighted by Gasteiger charge is 2.29. The second kappa shape index (κ2) is 5.37. The minimum Gasteiger partial charge on any atom is -0.325 e. The van der Waals surface area contributed by atoms with Crippen LogP contribution in [0.15, 0.2) is 12.1 Å².